The second kappa shape index (κ2) is 11.2. The van der Waals surface area contributed by atoms with Crippen molar-refractivity contribution in [3.8, 4) is 50.2 Å². The normalized spacial score (nSPS) is 14.7. The molecule has 0 radical (unpaired) electrons. The summed E-state index contributed by atoms with van der Waals surface area (Å²) in [5, 5.41) is 5.26. The van der Waals surface area contributed by atoms with Gasteiger partial charge in [-0.1, -0.05) is 143 Å². The highest BCUT2D eigenvalue weighted by Crippen LogP contribution is 2.55. The third kappa shape index (κ3) is 4.25. The van der Waals surface area contributed by atoms with E-state index >= 15 is 0 Å². The maximum Gasteiger partial charge on any atom is 0.0547 e. The summed E-state index contributed by atoms with van der Waals surface area (Å²) >= 11 is 1.93. The summed E-state index contributed by atoms with van der Waals surface area (Å²) in [6.45, 7) is 9.52. The van der Waals surface area contributed by atoms with Crippen molar-refractivity contribution >= 4 is 53.3 Å². The first kappa shape index (κ1) is 32.1. The molecule has 2 heteroatoms. The largest absolute Gasteiger partial charge is 0.309 e. The highest BCUT2D eigenvalue weighted by molar-refractivity contribution is 7.26. The standard InChI is InChI=1S/C54H39NS/c1-53(2)44-16-10-8-14-37(44)38-22-18-33(29-46(38)53)32-21-27-48-43(28-32)39-23-19-35(31-49(39)55(48)36-12-6-5-7-13-36)34-20-24-42-47(30-34)54(3,4)45-26-25-41-40-15-9-11-17-50(40)56-52(41)51(42)45/h5-31H,1-4H3. The van der Waals surface area contributed by atoms with Gasteiger partial charge in [0.05, 0.1) is 11.0 Å². The van der Waals surface area contributed by atoms with E-state index in [9.17, 15) is 0 Å². The average Bonchev–Trinajstić information content (AvgIpc) is 3.91. The lowest BCUT2D eigenvalue weighted by Crippen LogP contribution is -2.14. The van der Waals surface area contributed by atoms with Crippen molar-refractivity contribution in [1.29, 1.82) is 0 Å². The summed E-state index contributed by atoms with van der Waals surface area (Å²) < 4.78 is 5.21. The molecule has 56 heavy (non-hydrogen) atoms. The summed E-state index contributed by atoms with van der Waals surface area (Å²) in [4.78, 5) is 0. The molecule has 12 rings (SSSR count). The summed E-state index contributed by atoms with van der Waals surface area (Å²) in [7, 11) is 0. The van der Waals surface area contributed by atoms with E-state index < -0.39 is 0 Å². The van der Waals surface area contributed by atoms with E-state index in [4.69, 9.17) is 0 Å². The van der Waals surface area contributed by atoms with Gasteiger partial charge in [0.15, 0.2) is 0 Å². The quantitative estimate of drug-likeness (QED) is 0.170. The minimum atomic E-state index is -0.0972. The molecular weight excluding hydrogens is 695 g/mol. The first-order chi connectivity index (χ1) is 27.3. The average molecular weight is 734 g/mol. The van der Waals surface area contributed by atoms with Crippen molar-refractivity contribution in [3.05, 3.63) is 186 Å². The molecule has 0 saturated carbocycles. The fourth-order valence-electron chi connectivity index (χ4n) is 10.3. The number of hydrogen-bond donors (Lipinski definition) is 0. The first-order valence-electron chi connectivity index (χ1n) is 19.8. The zero-order chi connectivity index (χ0) is 37.5. The molecule has 1 nitrogen and oxygen atoms in total. The van der Waals surface area contributed by atoms with Crippen molar-refractivity contribution in [1.82, 2.24) is 4.57 Å². The van der Waals surface area contributed by atoms with Gasteiger partial charge in [-0.25, -0.2) is 0 Å². The highest BCUT2D eigenvalue weighted by Gasteiger charge is 2.38. The molecule has 0 bridgehead atoms. The van der Waals surface area contributed by atoms with Crippen LogP contribution in [-0.4, -0.2) is 4.57 Å². The zero-order valence-electron chi connectivity index (χ0n) is 31.9. The molecule has 10 aromatic rings. The van der Waals surface area contributed by atoms with Gasteiger partial charge in [0, 0.05) is 53.0 Å². The van der Waals surface area contributed by atoms with Gasteiger partial charge in [-0.2, -0.15) is 0 Å². The number of para-hydroxylation sites is 1. The Balaban J connectivity index is 1.01. The topological polar surface area (TPSA) is 4.93 Å². The Hall–Kier alpha value is -6.22. The summed E-state index contributed by atoms with van der Waals surface area (Å²) in [6.07, 6.45) is 0. The molecule has 2 aliphatic rings. The molecular formula is C54H39NS. The number of hydrogen-bond acceptors (Lipinski definition) is 1. The smallest absolute Gasteiger partial charge is 0.0547 e. The molecule has 0 N–H and O–H groups in total. The van der Waals surface area contributed by atoms with E-state index in [-0.39, 0.29) is 10.8 Å². The predicted octanol–water partition coefficient (Wildman–Crippen LogP) is 15.1. The number of aromatic nitrogens is 1. The molecule has 2 aromatic heterocycles. The van der Waals surface area contributed by atoms with Crippen LogP contribution >= 0.6 is 11.3 Å². The SMILES string of the molecule is CC1(C)c2ccccc2-c2ccc(-c3ccc4c(c3)c3ccc(-c5ccc6c(c5)C(C)(C)c5ccc7c(sc8ccccc87)c5-6)cc3n4-c3ccccc3)cc21. The van der Waals surface area contributed by atoms with Gasteiger partial charge in [-0.15, -0.1) is 11.3 Å². The fraction of sp³-hybridized carbons (Fsp3) is 0.111. The van der Waals surface area contributed by atoms with Crippen molar-refractivity contribution < 1.29 is 0 Å². The van der Waals surface area contributed by atoms with Gasteiger partial charge in [0.1, 0.15) is 0 Å². The Labute approximate surface area is 331 Å². The van der Waals surface area contributed by atoms with Gasteiger partial charge < -0.3 is 4.57 Å². The van der Waals surface area contributed by atoms with E-state index in [1.54, 1.807) is 0 Å². The Morgan fingerprint density at radius 2 is 1.00 bits per heavy atom. The predicted molar refractivity (Wildman–Crippen MR) is 240 cm³/mol. The lowest BCUT2D eigenvalue weighted by Gasteiger charge is -2.22. The minimum Gasteiger partial charge on any atom is -0.309 e. The summed E-state index contributed by atoms with van der Waals surface area (Å²) in [5.41, 5.74) is 19.6. The second-order valence-corrected chi connectivity index (χ2v) is 18.0. The number of fused-ring (bicyclic) bond motifs is 13. The van der Waals surface area contributed by atoms with Crippen LogP contribution in [-0.2, 0) is 10.8 Å². The van der Waals surface area contributed by atoms with Crippen LogP contribution < -0.4 is 0 Å². The van der Waals surface area contributed by atoms with Crippen LogP contribution in [0.1, 0.15) is 49.9 Å². The highest BCUT2D eigenvalue weighted by atomic mass is 32.1. The Morgan fingerprint density at radius 1 is 0.393 bits per heavy atom. The van der Waals surface area contributed by atoms with Crippen LogP contribution in [0.4, 0.5) is 0 Å². The fourth-order valence-corrected chi connectivity index (χ4v) is 11.6. The van der Waals surface area contributed by atoms with Crippen LogP contribution in [0.5, 0.6) is 0 Å². The van der Waals surface area contributed by atoms with Gasteiger partial charge in [0.2, 0.25) is 0 Å². The maximum absolute atomic E-state index is 2.47. The van der Waals surface area contributed by atoms with Crippen LogP contribution in [0.2, 0.25) is 0 Å². The molecule has 2 heterocycles. The van der Waals surface area contributed by atoms with Crippen molar-refractivity contribution in [2.45, 2.75) is 38.5 Å². The van der Waals surface area contributed by atoms with Gasteiger partial charge in [-0.05, 0) is 110 Å². The van der Waals surface area contributed by atoms with Crippen LogP contribution in [0, 0.1) is 0 Å². The van der Waals surface area contributed by atoms with Gasteiger partial charge >= 0.3 is 0 Å². The van der Waals surface area contributed by atoms with Crippen molar-refractivity contribution in [2.75, 3.05) is 0 Å². The lowest BCUT2D eigenvalue weighted by atomic mass is 9.81. The lowest BCUT2D eigenvalue weighted by molar-refractivity contribution is 0.660. The molecule has 0 aliphatic heterocycles. The molecule has 0 amide bonds. The molecule has 0 atom stereocenters. The first-order valence-corrected chi connectivity index (χ1v) is 20.6. The molecule has 2 aliphatic carbocycles. The van der Waals surface area contributed by atoms with E-state index in [0.717, 1.165) is 0 Å². The molecule has 0 saturated heterocycles. The third-order valence-corrected chi connectivity index (χ3v) is 14.4. The number of thiophene rings is 1. The van der Waals surface area contributed by atoms with Gasteiger partial charge in [-0.3, -0.25) is 0 Å². The van der Waals surface area contributed by atoms with Gasteiger partial charge in [0.25, 0.3) is 0 Å². The van der Waals surface area contributed by atoms with E-state index in [2.05, 4.69) is 196 Å². The molecule has 266 valence electrons. The second-order valence-electron chi connectivity index (χ2n) is 16.9. The summed E-state index contributed by atoms with van der Waals surface area (Å²) in [5.74, 6) is 0. The minimum absolute atomic E-state index is 0.0355. The molecule has 8 aromatic carbocycles. The number of benzene rings is 8. The van der Waals surface area contributed by atoms with E-state index in [0.29, 0.717) is 0 Å². The molecule has 0 spiro atoms. The molecule has 0 fully saturated rings. The monoisotopic (exact) mass is 733 g/mol. The Bertz CT molecular complexity index is 3300. The zero-order valence-corrected chi connectivity index (χ0v) is 32.8. The van der Waals surface area contributed by atoms with E-state index in [1.807, 2.05) is 11.3 Å². The van der Waals surface area contributed by atoms with Crippen molar-refractivity contribution in [3.63, 3.8) is 0 Å². The Kier molecular flexibility index (Phi) is 6.40. The summed E-state index contributed by atoms with van der Waals surface area (Å²) in [6, 6.07) is 61.8. The van der Waals surface area contributed by atoms with Crippen LogP contribution in [0.25, 0.3) is 92.2 Å². The van der Waals surface area contributed by atoms with Crippen LogP contribution in [0.3, 0.4) is 0 Å². The number of nitrogens with zero attached hydrogens (tertiary/aromatic N) is 1. The van der Waals surface area contributed by atoms with Crippen molar-refractivity contribution in [2.24, 2.45) is 0 Å². The van der Waals surface area contributed by atoms with E-state index in [1.165, 1.54) is 114 Å². The maximum atomic E-state index is 2.47. The Morgan fingerprint density at radius 3 is 1.84 bits per heavy atom. The third-order valence-electron chi connectivity index (χ3n) is 13.2. The van der Waals surface area contributed by atoms with Crippen LogP contribution in [0.15, 0.2) is 164 Å². The number of rotatable bonds is 3. The molecule has 0 unspecified atom stereocenters.